The van der Waals surface area contributed by atoms with Gasteiger partial charge < -0.3 is 14.6 Å². The van der Waals surface area contributed by atoms with Crippen molar-refractivity contribution >= 4 is 39.7 Å². The minimum atomic E-state index is -0.190. The van der Waals surface area contributed by atoms with Gasteiger partial charge in [0.15, 0.2) is 0 Å². The molecular weight excluding hydrogens is 430 g/mol. The number of carbonyl (C=O) groups excluding carboxylic acids is 1. The number of nitrogens with zero attached hydrogens (tertiary/aromatic N) is 4. The molecule has 0 unspecified atom stereocenters. The molecule has 0 saturated carbocycles. The Balaban J connectivity index is 1.35. The van der Waals surface area contributed by atoms with Crippen molar-refractivity contribution in [3.8, 4) is 17.5 Å². The fraction of sp³-hybridized carbons (Fsp3) is 0.364. The number of thioether (sulfide) groups is 1. The summed E-state index contributed by atoms with van der Waals surface area (Å²) in [4.78, 5) is 15.9. The number of hydrogen-bond acceptors (Lipinski definition) is 8. The van der Waals surface area contributed by atoms with Crippen LogP contribution in [0.5, 0.6) is 0 Å². The summed E-state index contributed by atoms with van der Waals surface area (Å²) in [5.41, 5.74) is 3.70. The summed E-state index contributed by atoms with van der Waals surface area (Å²) in [6, 6.07) is 10.2. The number of aryl methyl sites for hydroxylation is 1. The molecule has 1 aliphatic rings. The van der Waals surface area contributed by atoms with E-state index < -0.39 is 0 Å². The molecule has 1 aromatic carbocycles. The molecule has 1 amide bonds. The Morgan fingerprint density at radius 2 is 2.03 bits per heavy atom. The first-order valence-corrected chi connectivity index (χ1v) is 12.1. The normalized spacial score (nSPS) is 12.4. The fourth-order valence-corrected chi connectivity index (χ4v) is 5.51. The lowest BCUT2D eigenvalue weighted by Crippen LogP contribution is -2.21. The summed E-state index contributed by atoms with van der Waals surface area (Å²) in [7, 11) is 0. The average Bonchev–Trinajstić information content (AvgIpc) is 3.50. The van der Waals surface area contributed by atoms with Gasteiger partial charge in [-0.25, -0.2) is 0 Å². The van der Waals surface area contributed by atoms with Crippen LogP contribution in [0.1, 0.15) is 36.3 Å². The third kappa shape index (κ3) is 4.60. The van der Waals surface area contributed by atoms with E-state index in [1.807, 2.05) is 24.3 Å². The van der Waals surface area contributed by atoms with Crippen LogP contribution in [0.25, 0.3) is 11.5 Å². The highest BCUT2D eigenvalue weighted by molar-refractivity contribution is 7.99. The number of hydrogen-bond donors (Lipinski definition) is 1. The molecule has 0 radical (unpaired) electrons. The Kier molecular flexibility index (Phi) is 6.59. The predicted molar refractivity (Wildman–Crippen MR) is 124 cm³/mol. The van der Waals surface area contributed by atoms with Gasteiger partial charge in [0.05, 0.1) is 11.3 Å². The number of thiophene rings is 1. The van der Waals surface area contributed by atoms with Crippen LogP contribution in [0.15, 0.2) is 33.9 Å². The van der Waals surface area contributed by atoms with E-state index in [-0.39, 0.29) is 11.7 Å². The lowest BCUT2D eigenvalue weighted by molar-refractivity contribution is -0.113. The quantitative estimate of drug-likeness (QED) is 0.492. The number of carbonyl (C=O) groups is 1. The highest BCUT2D eigenvalue weighted by Crippen LogP contribution is 2.38. The SMILES string of the molecule is CCN(CC)c1ccc(-c2nnc(SCC(=O)Nc3sc4c(c3C#N)CCC4)o2)cc1. The van der Waals surface area contributed by atoms with Crippen molar-refractivity contribution in [2.24, 2.45) is 0 Å². The number of rotatable bonds is 8. The van der Waals surface area contributed by atoms with Crippen LogP contribution in [0, 0.1) is 11.3 Å². The van der Waals surface area contributed by atoms with Gasteiger partial charge in [0.2, 0.25) is 11.8 Å². The van der Waals surface area contributed by atoms with Gasteiger partial charge in [0.25, 0.3) is 5.22 Å². The van der Waals surface area contributed by atoms with Crippen LogP contribution >= 0.6 is 23.1 Å². The van der Waals surface area contributed by atoms with E-state index >= 15 is 0 Å². The minimum Gasteiger partial charge on any atom is -0.411 e. The Morgan fingerprint density at radius 3 is 2.74 bits per heavy atom. The first-order chi connectivity index (χ1) is 15.1. The molecular formula is C22H23N5O2S2. The molecule has 0 fully saturated rings. The van der Waals surface area contributed by atoms with Crippen molar-refractivity contribution in [3.05, 3.63) is 40.3 Å². The zero-order chi connectivity index (χ0) is 21.8. The van der Waals surface area contributed by atoms with Crippen molar-refractivity contribution in [1.82, 2.24) is 10.2 Å². The monoisotopic (exact) mass is 453 g/mol. The van der Waals surface area contributed by atoms with E-state index in [0.717, 1.165) is 49.2 Å². The molecule has 3 aromatic rings. The van der Waals surface area contributed by atoms with Crippen LogP contribution in [0.2, 0.25) is 0 Å². The summed E-state index contributed by atoms with van der Waals surface area (Å²) in [5, 5.41) is 21.4. The van der Waals surface area contributed by atoms with Crippen LogP contribution in [0.4, 0.5) is 10.7 Å². The highest BCUT2D eigenvalue weighted by atomic mass is 32.2. The Morgan fingerprint density at radius 1 is 1.26 bits per heavy atom. The Hall–Kier alpha value is -2.83. The van der Waals surface area contributed by atoms with E-state index in [1.54, 1.807) is 0 Å². The molecule has 2 heterocycles. The molecule has 31 heavy (non-hydrogen) atoms. The van der Waals surface area contributed by atoms with Crippen LogP contribution in [-0.2, 0) is 17.6 Å². The zero-order valence-electron chi connectivity index (χ0n) is 17.5. The van der Waals surface area contributed by atoms with Gasteiger partial charge in [-0.05, 0) is 62.9 Å². The van der Waals surface area contributed by atoms with E-state index in [0.29, 0.717) is 21.7 Å². The van der Waals surface area contributed by atoms with Gasteiger partial charge in [-0.1, -0.05) is 11.8 Å². The predicted octanol–water partition coefficient (Wildman–Crippen LogP) is 4.74. The maximum atomic E-state index is 12.4. The summed E-state index contributed by atoms with van der Waals surface area (Å²) >= 11 is 2.70. The summed E-state index contributed by atoms with van der Waals surface area (Å²) in [5.74, 6) is 0.371. The van der Waals surface area contributed by atoms with Crippen molar-refractivity contribution in [1.29, 1.82) is 5.26 Å². The number of nitrogens with one attached hydrogen (secondary N) is 1. The minimum absolute atomic E-state index is 0.135. The Bertz CT molecular complexity index is 1110. The number of anilines is 2. The van der Waals surface area contributed by atoms with E-state index in [9.17, 15) is 10.1 Å². The molecule has 0 saturated heterocycles. The molecule has 0 atom stereocenters. The van der Waals surface area contributed by atoms with Crippen molar-refractivity contribution in [2.45, 2.75) is 38.3 Å². The second kappa shape index (κ2) is 9.54. The van der Waals surface area contributed by atoms with Gasteiger partial charge in [0.1, 0.15) is 11.1 Å². The molecule has 2 aromatic heterocycles. The van der Waals surface area contributed by atoms with Crippen LogP contribution in [-0.4, -0.2) is 34.9 Å². The van der Waals surface area contributed by atoms with Gasteiger partial charge in [0, 0.05) is 29.2 Å². The first-order valence-electron chi connectivity index (χ1n) is 10.3. The van der Waals surface area contributed by atoms with Crippen molar-refractivity contribution in [3.63, 3.8) is 0 Å². The summed E-state index contributed by atoms with van der Waals surface area (Å²) in [6.07, 6.45) is 2.98. The smallest absolute Gasteiger partial charge is 0.277 e. The van der Waals surface area contributed by atoms with Gasteiger partial charge in [-0.15, -0.1) is 21.5 Å². The molecule has 1 aliphatic carbocycles. The lowest BCUT2D eigenvalue weighted by Gasteiger charge is -2.20. The molecule has 7 nitrogen and oxygen atoms in total. The first kappa shape index (κ1) is 21.4. The van der Waals surface area contributed by atoms with Gasteiger partial charge >= 0.3 is 0 Å². The van der Waals surface area contributed by atoms with Crippen molar-refractivity contribution in [2.75, 3.05) is 29.1 Å². The molecule has 1 N–H and O–H groups in total. The third-order valence-corrected chi connectivity index (χ3v) is 7.29. The largest absolute Gasteiger partial charge is 0.411 e. The topological polar surface area (TPSA) is 95.0 Å². The number of nitriles is 1. The molecule has 160 valence electrons. The summed E-state index contributed by atoms with van der Waals surface area (Å²) in [6.45, 7) is 6.15. The number of aromatic nitrogens is 2. The maximum Gasteiger partial charge on any atom is 0.277 e. The zero-order valence-corrected chi connectivity index (χ0v) is 19.1. The molecule has 0 aliphatic heterocycles. The Labute approximate surface area is 189 Å². The molecule has 9 heteroatoms. The highest BCUT2D eigenvalue weighted by Gasteiger charge is 2.23. The van der Waals surface area contributed by atoms with Crippen molar-refractivity contribution < 1.29 is 9.21 Å². The summed E-state index contributed by atoms with van der Waals surface area (Å²) < 4.78 is 5.72. The molecule has 0 spiro atoms. The molecule has 0 bridgehead atoms. The second-order valence-electron chi connectivity index (χ2n) is 7.10. The number of fused-ring (bicyclic) bond motifs is 1. The molecule has 4 rings (SSSR count). The van der Waals surface area contributed by atoms with Crippen LogP contribution in [0.3, 0.4) is 0 Å². The average molecular weight is 454 g/mol. The third-order valence-electron chi connectivity index (χ3n) is 5.26. The van der Waals surface area contributed by atoms with Crippen LogP contribution < -0.4 is 10.2 Å². The standard InChI is InChI=1S/C22H23N5O2S2/c1-3-27(4-2)15-10-8-14(9-11-15)20-25-26-22(29-20)30-13-19(28)24-21-17(12-23)16-6-5-7-18(16)31-21/h8-11H,3-7,13H2,1-2H3,(H,24,28). The number of benzene rings is 1. The lowest BCUT2D eigenvalue weighted by atomic mass is 10.1. The van der Waals surface area contributed by atoms with Gasteiger partial charge in [-0.3, -0.25) is 4.79 Å². The number of amides is 1. The van der Waals surface area contributed by atoms with E-state index in [4.69, 9.17) is 4.42 Å². The second-order valence-corrected chi connectivity index (χ2v) is 9.13. The van der Waals surface area contributed by atoms with E-state index in [2.05, 4.69) is 40.3 Å². The maximum absolute atomic E-state index is 12.4. The van der Waals surface area contributed by atoms with Gasteiger partial charge in [-0.2, -0.15) is 5.26 Å². The fourth-order valence-electron chi connectivity index (χ4n) is 3.69. The van der Waals surface area contributed by atoms with E-state index in [1.165, 1.54) is 28.0 Å².